The fraction of sp³-hybridized carbons (Fsp3) is 0.143. The van der Waals surface area contributed by atoms with Crippen molar-refractivity contribution in [3.63, 3.8) is 0 Å². The first kappa shape index (κ1) is 11.5. The Balaban J connectivity index is 2.05. The molecule has 2 aromatic rings. The zero-order valence-electron chi connectivity index (χ0n) is 10.3. The van der Waals surface area contributed by atoms with E-state index in [1.165, 1.54) is 12.7 Å². The molecule has 19 heavy (non-hydrogen) atoms. The number of amides is 1. The molecule has 0 saturated heterocycles. The van der Waals surface area contributed by atoms with Crippen LogP contribution in [0, 0.1) is 0 Å². The van der Waals surface area contributed by atoms with E-state index in [0.29, 0.717) is 17.9 Å². The second-order valence-electron chi connectivity index (χ2n) is 4.07. The van der Waals surface area contributed by atoms with Gasteiger partial charge in [-0.1, -0.05) is 0 Å². The van der Waals surface area contributed by atoms with Crippen molar-refractivity contribution in [2.45, 2.75) is 6.92 Å². The Hall–Kier alpha value is -2.56. The molecule has 0 saturated carbocycles. The average molecular weight is 256 g/mol. The number of nitrogens with one attached hydrogen (secondary N) is 1. The van der Waals surface area contributed by atoms with Crippen LogP contribution in [0.1, 0.15) is 12.5 Å². The number of nitrogens with zero attached hydrogens (tertiary/aromatic N) is 1. The van der Waals surface area contributed by atoms with Crippen molar-refractivity contribution in [2.24, 2.45) is 0 Å². The molecule has 1 aliphatic rings. The monoisotopic (exact) mass is 256 g/mol. The SMILES string of the molecule is CCO/C=C1/C(=O)Nc2ccc(-c3cnco3)cc21. The molecule has 0 aliphatic carbocycles. The van der Waals surface area contributed by atoms with Gasteiger partial charge >= 0.3 is 0 Å². The third kappa shape index (κ3) is 1.99. The van der Waals surface area contributed by atoms with E-state index in [1.54, 1.807) is 6.20 Å². The average Bonchev–Trinajstić information content (AvgIpc) is 3.03. The summed E-state index contributed by atoms with van der Waals surface area (Å²) in [6, 6.07) is 5.61. The van der Waals surface area contributed by atoms with Crippen LogP contribution in [0.5, 0.6) is 0 Å². The molecule has 1 amide bonds. The van der Waals surface area contributed by atoms with Crippen molar-refractivity contribution in [3.05, 3.63) is 42.6 Å². The van der Waals surface area contributed by atoms with Gasteiger partial charge in [0.2, 0.25) is 0 Å². The molecule has 0 radical (unpaired) electrons. The van der Waals surface area contributed by atoms with Crippen molar-refractivity contribution >= 4 is 17.2 Å². The second-order valence-corrected chi connectivity index (χ2v) is 4.07. The number of ether oxygens (including phenoxy) is 1. The number of carbonyl (C=O) groups excluding carboxylic acids is 1. The zero-order valence-corrected chi connectivity index (χ0v) is 10.3. The van der Waals surface area contributed by atoms with E-state index in [4.69, 9.17) is 9.15 Å². The van der Waals surface area contributed by atoms with E-state index in [-0.39, 0.29) is 5.91 Å². The summed E-state index contributed by atoms with van der Waals surface area (Å²) in [5.41, 5.74) is 2.99. The first-order valence-electron chi connectivity index (χ1n) is 5.96. The smallest absolute Gasteiger partial charge is 0.259 e. The van der Waals surface area contributed by atoms with Gasteiger partial charge in [-0.15, -0.1) is 0 Å². The predicted octanol–water partition coefficient (Wildman–Crippen LogP) is 2.67. The maximum absolute atomic E-state index is 11.8. The standard InChI is InChI=1S/C14H12N2O3/c1-2-18-7-11-10-5-9(13-6-15-8-19-13)3-4-12(10)16-14(11)17/h3-8H,2H2,1H3,(H,16,17)/b11-7+. The highest BCUT2D eigenvalue weighted by Gasteiger charge is 2.25. The summed E-state index contributed by atoms with van der Waals surface area (Å²) >= 11 is 0. The van der Waals surface area contributed by atoms with Crippen LogP contribution < -0.4 is 5.32 Å². The lowest BCUT2D eigenvalue weighted by Crippen LogP contribution is -2.04. The summed E-state index contributed by atoms with van der Waals surface area (Å²) in [5.74, 6) is 0.510. The van der Waals surface area contributed by atoms with Gasteiger partial charge in [0.25, 0.3) is 5.91 Å². The van der Waals surface area contributed by atoms with Gasteiger partial charge in [0, 0.05) is 16.8 Å². The van der Waals surface area contributed by atoms with E-state index < -0.39 is 0 Å². The molecule has 0 bridgehead atoms. The van der Waals surface area contributed by atoms with Crippen molar-refractivity contribution in [2.75, 3.05) is 11.9 Å². The lowest BCUT2D eigenvalue weighted by Gasteiger charge is -2.02. The molecule has 1 aliphatic heterocycles. The van der Waals surface area contributed by atoms with Gasteiger partial charge in [-0.25, -0.2) is 4.98 Å². The number of anilines is 1. The third-order valence-corrected chi connectivity index (χ3v) is 2.89. The minimum atomic E-state index is -0.154. The van der Waals surface area contributed by atoms with Crippen molar-refractivity contribution in [1.82, 2.24) is 4.98 Å². The summed E-state index contributed by atoms with van der Waals surface area (Å²) in [5, 5.41) is 2.80. The first-order chi connectivity index (χ1) is 9.29. The fourth-order valence-corrected chi connectivity index (χ4v) is 1.98. The molecule has 1 aromatic heterocycles. The fourth-order valence-electron chi connectivity index (χ4n) is 1.98. The topological polar surface area (TPSA) is 64.4 Å². The number of carbonyl (C=O) groups is 1. The van der Waals surface area contributed by atoms with Crippen LogP contribution in [0.15, 0.2) is 41.5 Å². The Kier molecular flexibility index (Phi) is 2.79. The van der Waals surface area contributed by atoms with E-state index in [0.717, 1.165) is 16.8 Å². The maximum Gasteiger partial charge on any atom is 0.259 e. The van der Waals surface area contributed by atoms with Crippen LogP contribution >= 0.6 is 0 Å². The molecule has 3 rings (SSSR count). The number of benzene rings is 1. The molecular weight excluding hydrogens is 244 g/mol. The molecule has 1 aromatic carbocycles. The summed E-state index contributed by atoms with van der Waals surface area (Å²) in [4.78, 5) is 15.7. The number of hydrogen-bond acceptors (Lipinski definition) is 4. The lowest BCUT2D eigenvalue weighted by molar-refractivity contribution is -0.110. The number of aromatic nitrogens is 1. The van der Waals surface area contributed by atoms with E-state index in [9.17, 15) is 4.79 Å². The van der Waals surface area contributed by atoms with Gasteiger partial charge < -0.3 is 14.5 Å². The molecule has 2 heterocycles. The largest absolute Gasteiger partial charge is 0.501 e. The van der Waals surface area contributed by atoms with Gasteiger partial charge in [0.05, 0.1) is 24.6 Å². The summed E-state index contributed by atoms with van der Waals surface area (Å²) < 4.78 is 10.5. The van der Waals surface area contributed by atoms with E-state index >= 15 is 0 Å². The van der Waals surface area contributed by atoms with E-state index in [2.05, 4.69) is 10.3 Å². The highest BCUT2D eigenvalue weighted by Crippen LogP contribution is 2.35. The molecule has 5 heteroatoms. The molecule has 0 atom stereocenters. The van der Waals surface area contributed by atoms with Gasteiger partial charge in [-0.2, -0.15) is 0 Å². The first-order valence-corrected chi connectivity index (χ1v) is 5.96. The van der Waals surface area contributed by atoms with Crippen LogP contribution in [0.25, 0.3) is 16.9 Å². The van der Waals surface area contributed by atoms with Crippen molar-refractivity contribution in [1.29, 1.82) is 0 Å². The molecule has 0 spiro atoms. The minimum Gasteiger partial charge on any atom is -0.501 e. The van der Waals surface area contributed by atoms with Crippen LogP contribution in [-0.4, -0.2) is 17.5 Å². The Morgan fingerprint density at radius 1 is 1.47 bits per heavy atom. The number of hydrogen-bond donors (Lipinski definition) is 1. The molecule has 0 fully saturated rings. The normalized spacial score (nSPS) is 15.4. The molecular formula is C14H12N2O3. The third-order valence-electron chi connectivity index (χ3n) is 2.89. The minimum absolute atomic E-state index is 0.154. The molecule has 5 nitrogen and oxygen atoms in total. The second kappa shape index (κ2) is 4.61. The van der Waals surface area contributed by atoms with Crippen molar-refractivity contribution < 1.29 is 13.9 Å². The summed E-state index contributed by atoms with van der Waals surface area (Å²) in [6.45, 7) is 2.39. The zero-order chi connectivity index (χ0) is 13.2. The Labute approximate surface area is 109 Å². The molecule has 1 N–H and O–H groups in total. The van der Waals surface area contributed by atoms with Crippen molar-refractivity contribution in [3.8, 4) is 11.3 Å². The summed E-state index contributed by atoms with van der Waals surface area (Å²) in [6.07, 6.45) is 4.51. The maximum atomic E-state index is 11.8. The Morgan fingerprint density at radius 2 is 2.37 bits per heavy atom. The van der Waals surface area contributed by atoms with Gasteiger partial charge in [-0.3, -0.25) is 4.79 Å². The van der Waals surface area contributed by atoms with Crippen LogP contribution in [-0.2, 0) is 9.53 Å². The lowest BCUT2D eigenvalue weighted by atomic mass is 10.0. The number of rotatable bonds is 3. The highest BCUT2D eigenvalue weighted by atomic mass is 16.5. The quantitative estimate of drug-likeness (QED) is 0.677. The number of fused-ring (bicyclic) bond motifs is 1. The van der Waals surface area contributed by atoms with E-state index in [1.807, 2.05) is 25.1 Å². The molecule has 0 unspecified atom stereocenters. The van der Waals surface area contributed by atoms with Crippen LogP contribution in [0.2, 0.25) is 0 Å². The van der Waals surface area contributed by atoms with Gasteiger partial charge in [-0.05, 0) is 25.1 Å². The Bertz CT molecular complexity index is 645. The molecule has 96 valence electrons. The number of oxazole rings is 1. The summed E-state index contributed by atoms with van der Waals surface area (Å²) in [7, 11) is 0. The predicted molar refractivity (Wildman–Crippen MR) is 70.2 cm³/mol. The van der Waals surface area contributed by atoms with Gasteiger partial charge in [0.15, 0.2) is 12.2 Å². The van der Waals surface area contributed by atoms with Gasteiger partial charge in [0.1, 0.15) is 0 Å². The van der Waals surface area contributed by atoms with Crippen LogP contribution in [0.4, 0.5) is 5.69 Å². The Morgan fingerprint density at radius 3 is 3.11 bits per heavy atom. The van der Waals surface area contributed by atoms with Crippen LogP contribution in [0.3, 0.4) is 0 Å². The highest BCUT2D eigenvalue weighted by molar-refractivity contribution is 6.31.